The molecule has 31 heavy (non-hydrogen) atoms. The fourth-order valence-electron chi connectivity index (χ4n) is 3.10. The fraction of sp³-hybridized carbons (Fsp3) is 0. The lowest BCUT2D eigenvalue weighted by Crippen LogP contribution is -1.90. The van der Waals surface area contributed by atoms with Crippen LogP contribution in [0.15, 0.2) is 95.4 Å². The van der Waals surface area contributed by atoms with Crippen LogP contribution in [0.1, 0.15) is 0 Å². The molecule has 1 heterocycles. The van der Waals surface area contributed by atoms with E-state index < -0.39 is 5.82 Å². The van der Waals surface area contributed by atoms with Crippen LogP contribution >= 0.6 is 0 Å². The second-order valence-corrected chi connectivity index (χ2v) is 6.76. The minimum atomic E-state index is -0.430. The maximum absolute atomic E-state index is 13.9. The summed E-state index contributed by atoms with van der Waals surface area (Å²) in [5.41, 5.74) is 1.61. The van der Waals surface area contributed by atoms with Crippen LogP contribution in [0.2, 0.25) is 0 Å². The Morgan fingerprint density at radius 3 is 2.16 bits per heavy atom. The normalized spacial score (nSPS) is 10.9. The summed E-state index contributed by atoms with van der Waals surface area (Å²) in [6, 6.07) is 24.2. The molecule has 5 aromatic rings. The van der Waals surface area contributed by atoms with Gasteiger partial charge >= 0.3 is 0 Å². The molecule has 4 nitrogen and oxygen atoms in total. The number of ether oxygens (including phenoxy) is 2. The molecular formula is C25H15F2NO3. The number of fused-ring (bicyclic) bond motifs is 1. The van der Waals surface area contributed by atoms with E-state index in [1.807, 2.05) is 18.2 Å². The van der Waals surface area contributed by atoms with Crippen molar-refractivity contribution in [3.63, 3.8) is 0 Å². The Kier molecular flexibility index (Phi) is 4.80. The van der Waals surface area contributed by atoms with Crippen LogP contribution < -0.4 is 9.47 Å². The largest absolute Gasteiger partial charge is 0.457 e. The highest BCUT2D eigenvalue weighted by molar-refractivity contribution is 5.79. The Morgan fingerprint density at radius 1 is 0.645 bits per heavy atom. The molecule has 0 saturated carbocycles. The van der Waals surface area contributed by atoms with Crippen LogP contribution in [0.25, 0.3) is 22.6 Å². The Bertz CT molecular complexity index is 1350. The van der Waals surface area contributed by atoms with Gasteiger partial charge in [-0.05, 0) is 60.7 Å². The van der Waals surface area contributed by atoms with E-state index >= 15 is 0 Å². The second-order valence-electron chi connectivity index (χ2n) is 6.76. The summed E-state index contributed by atoms with van der Waals surface area (Å²) < 4.78 is 44.4. The Morgan fingerprint density at radius 2 is 1.35 bits per heavy atom. The summed E-state index contributed by atoms with van der Waals surface area (Å²) in [5, 5.41) is 0. The third-order valence-corrected chi connectivity index (χ3v) is 4.55. The highest BCUT2D eigenvalue weighted by Gasteiger charge is 2.16. The van der Waals surface area contributed by atoms with Crippen LogP contribution in [0.4, 0.5) is 8.78 Å². The van der Waals surface area contributed by atoms with Crippen molar-refractivity contribution in [1.29, 1.82) is 0 Å². The van der Waals surface area contributed by atoms with Crippen molar-refractivity contribution >= 4 is 11.1 Å². The predicted molar refractivity (Wildman–Crippen MR) is 112 cm³/mol. The highest BCUT2D eigenvalue weighted by Crippen LogP contribution is 2.36. The van der Waals surface area contributed by atoms with Crippen LogP contribution in [0.3, 0.4) is 0 Å². The molecule has 1 aromatic heterocycles. The molecule has 0 aliphatic rings. The molecular weight excluding hydrogens is 400 g/mol. The average molecular weight is 415 g/mol. The molecule has 0 spiro atoms. The lowest BCUT2D eigenvalue weighted by molar-refractivity contribution is 0.475. The van der Waals surface area contributed by atoms with Crippen LogP contribution in [-0.4, -0.2) is 4.98 Å². The van der Waals surface area contributed by atoms with Gasteiger partial charge in [-0.3, -0.25) is 0 Å². The monoisotopic (exact) mass is 415 g/mol. The van der Waals surface area contributed by atoms with Gasteiger partial charge < -0.3 is 13.9 Å². The van der Waals surface area contributed by atoms with E-state index in [2.05, 4.69) is 4.98 Å². The van der Waals surface area contributed by atoms with Crippen molar-refractivity contribution in [3.05, 3.63) is 103 Å². The van der Waals surface area contributed by atoms with E-state index in [1.165, 1.54) is 24.3 Å². The quantitative estimate of drug-likeness (QED) is 0.301. The number of hydrogen-bond acceptors (Lipinski definition) is 4. The first kappa shape index (κ1) is 18.8. The lowest BCUT2D eigenvalue weighted by Gasteiger charge is -2.09. The van der Waals surface area contributed by atoms with Gasteiger partial charge in [0.15, 0.2) is 5.58 Å². The first-order valence-electron chi connectivity index (χ1n) is 9.51. The number of oxazole rings is 1. The van der Waals surface area contributed by atoms with Crippen molar-refractivity contribution in [2.75, 3.05) is 0 Å². The Hall–Kier alpha value is -4.19. The van der Waals surface area contributed by atoms with E-state index in [1.54, 1.807) is 48.5 Å². The fourth-order valence-corrected chi connectivity index (χ4v) is 3.10. The average Bonchev–Trinajstić information content (AvgIpc) is 3.19. The molecule has 0 unspecified atom stereocenters. The Labute approximate surface area is 176 Å². The number of aromatic nitrogens is 1. The van der Waals surface area contributed by atoms with Crippen molar-refractivity contribution in [2.24, 2.45) is 0 Å². The van der Waals surface area contributed by atoms with Gasteiger partial charge in [0.2, 0.25) is 5.89 Å². The predicted octanol–water partition coefficient (Wildman–Crippen LogP) is 7.36. The molecule has 0 fully saturated rings. The van der Waals surface area contributed by atoms with Crippen molar-refractivity contribution in [2.45, 2.75) is 0 Å². The first-order chi connectivity index (χ1) is 15.1. The van der Waals surface area contributed by atoms with Crippen molar-refractivity contribution in [1.82, 2.24) is 4.98 Å². The molecule has 0 aliphatic heterocycles. The summed E-state index contributed by atoms with van der Waals surface area (Å²) in [6.07, 6.45) is 0. The molecule has 0 N–H and O–H groups in total. The number of hydrogen-bond donors (Lipinski definition) is 0. The molecule has 152 valence electrons. The summed E-state index contributed by atoms with van der Waals surface area (Å²) >= 11 is 0. The summed E-state index contributed by atoms with van der Waals surface area (Å²) in [6.45, 7) is 0. The van der Waals surface area contributed by atoms with Crippen molar-refractivity contribution < 1.29 is 22.7 Å². The number of nitrogens with zero attached hydrogens (tertiary/aromatic N) is 1. The van der Waals surface area contributed by atoms with Crippen molar-refractivity contribution in [3.8, 4) is 34.5 Å². The molecule has 0 amide bonds. The molecule has 4 aromatic carbocycles. The lowest BCUT2D eigenvalue weighted by atomic mass is 10.2. The van der Waals surface area contributed by atoms with Gasteiger partial charge in [0.1, 0.15) is 40.1 Å². The summed E-state index contributed by atoms with van der Waals surface area (Å²) in [4.78, 5) is 4.52. The van der Waals surface area contributed by atoms with Gasteiger partial charge in [-0.25, -0.2) is 13.8 Å². The summed E-state index contributed by atoms with van der Waals surface area (Å²) in [7, 11) is 0. The van der Waals surface area contributed by atoms with Crippen LogP contribution in [0, 0.1) is 11.6 Å². The zero-order valence-electron chi connectivity index (χ0n) is 16.1. The minimum absolute atomic E-state index is 0.292. The second kappa shape index (κ2) is 7.91. The molecule has 0 atom stereocenters. The standard InChI is InChI=1S/C25H15F2NO3/c26-16-6-9-19(10-7-16)29-20-11-13-23-22(15-20)28-25(31-23)21-12-8-17(27)14-24(21)30-18-4-2-1-3-5-18/h1-15H. The number of rotatable bonds is 5. The topological polar surface area (TPSA) is 44.5 Å². The smallest absolute Gasteiger partial charge is 0.231 e. The van der Waals surface area contributed by atoms with E-state index in [4.69, 9.17) is 13.9 Å². The van der Waals surface area contributed by atoms with Gasteiger partial charge in [0.05, 0.1) is 5.56 Å². The zero-order valence-corrected chi connectivity index (χ0v) is 16.1. The minimum Gasteiger partial charge on any atom is -0.457 e. The van der Waals surface area contributed by atoms with E-state index in [-0.39, 0.29) is 5.82 Å². The third-order valence-electron chi connectivity index (χ3n) is 4.55. The number of benzene rings is 4. The number of para-hydroxylation sites is 1. The molecule has 0 saturated heterocycles. The van der Waals surface area contributed by atoms with Gasteiger partial charge in [0.25, 0.3) is 0 Å². The van der Waals surface area contributed by atoms with Gasteiger partial charge in [-0.15, -0.1) is 0 Å². The van der Waals surface area contributed by atoms with Gasteiger partial charge in [-0.1, -0.05) is 18.2 Å². The highest BCUT2D eigenvalue weighted by atomic mass is 19.1. The molecule has 0 bridgehead atoms. The Balaban J connectivity index is 1.48. The maximum Gasteiger partial charge on any atom is 0.231 e. The SMILES string of the molecule is Fc1ccc(Oc2ccc3oc(-c4ccc(F)cc4Oc4ccccc4)nc3c2)cc1. The van der Waals surface area contributed by atoms with Gasteiger partial charge in [0, 0.05) is 12.1 Å². The molecule has 0 aliphatic carbocycles. The van der Waals surface area contributed by atoms with Crippen LogP contribution in [0.5, 0.6) is 23.0 Å². The maximum atomic E-state index is 13.9. The molecule has 6 heteroatoms. The zero-order chi connectivity index (χ0) is 21.2. The van der Waals surface area contributed by atoms with Crippen LogP contribution in [-0.2, 0) is 0 Å². The van der Waals surface area contributed by atoms with E-state index in [9.17, 15) is 8.78 Å². The molecule has 5 rings (SSSR count). The first-order valence-corrected chi connectivity index (χ1v) is 9.51. The summed E-state index contributed by atoms with van der Waals surface area (Å²) in [5.74, 6) is 1.42. The van der Waals surface area contributed by atoms with Gasteiger partial charge in [-0.2, -0.15) is 0 Å². The van der Waals surface area contributed by atoms with E-state index in [0.717, 1.165) is 0 Å². The third kappa shape index (κ3) is 4.09. The molecule has 0 radical (unpaired) electrons. The number of halogens is 2. The van der Waals surface area contributed by atoms with E-state index in [0.29, 0.717) is 45.6 Å².